The molecule has 0 saturated carbocycles. The van der Waals surface area contributed by atoms with Gasteiger partial charge in [0.25, 0.3) is 0 Å². The van der Waals surface area contributed by atoms with Crippen molar-refractivity contribution in [2.24, 2.45) is 0 Å². The number of aryl methyl sites for hydroxylation is 1. The van der Waals surface area contributed by atoms with Crippen LogP contribution in [0.5, 0.6) is 0 Å². The average molecular weight is 274 g/mol. The summed E-state index contributed by atoms with van der Waals surface area (Å²) in [4.78, 5) is 26.6. The number of methoxy groups -OCH3 is 1. The second-order valence-corrected chi connectivity index (χ2v) is 4.28. The van der Waals surface area contributed by atoms with E-state index in [0.717, 1.165) is 5.69 Å². The first-order valence-electron chi connectivity index (χ1n) is 5.96. The second-order valence-electron chi connectivity index (χ2n) is 4.28. The number of aliphatic carboxylic acids is 1. The Morgan fingerprint density at radius 1 is 1.35 bits per heavy atom. The van der Waals surface area contributed by atoms with Crippen LogP contribution in [0.25, 0.3) is 10.9 Å². The molecule has 0 aliphatic rings. The van der Waals surface area contributed by atoms with Crippen molar-refractivity contribution in [3.63, 3.8) is 0 Å². The van der Waals surface area contributed by atoms with Crippen LogP contribution in [0.4, 0.5) is 5.69 Å². The van der Waals surface area contributed by atoms with E-state index in [0.29, 0.717) is 22.2 Å². The van der Waals surface area contributed by atoms with Crippen LogP contribution >= 0.6 is 0 Å². The summed E-state index contributed by atoms with van der Waals surface area (Å²) in [5.41, 5.74) is 2.46. The van der Waals surface area contributed by atoms with Gasteiger partial charge in [0.1, 0.15) is 6.54 Å². The number of hydrogen-bond acceptors (Lipinski definition) is 5. The number of aromatic nitrogens is 1. The molecule has 0 spiro atoms. The number of rotatable bonds is 4. The average Bonchev–Trinajstić information content (AvgIpc) is 2.43. The molecule has 0 atom stereocenters. The number of hydrogen-bond donors (Lipinski definition) is 2. The zero-order valence-electron chi connectivity index (χ0n) is 11.1. The number of anilines is 1. The van der Waals surface area contributed by atoms with Gasteiger partial charge in [-0.2, -0.15) is 0 Å². The molecule has 0 amide bonds. The Morgan fingerprint density at radius 2 is 2.10 bits per heavy atom. The van der Waals surface area contributed by atoms with E-state index < -0.39 is 11.9 Å². The number of ether oxygens (including phenoxy) is 1. The van der Waals surface area contributed by atoms with Gasteiger partial charge < -0.3 is 15.2 Å². The fourth-order valence-electron chi connectivity index (χ4n) is 1.92. The third-order valence-corrected chi connectivity index (χ3v) is 2.79. The number of carbonyl (C=O) groups excluding carboxylic acids is 1. The van der Waals surface area contributed by atoms with Crippen LogP contribution in [0.15, 0.2) is 24.3 Å². The van der Waals surface area contributed by atoms with Crippen molar-refractivity contribution in [2.45, 2.75) is 6.92 Å². The molecular formula is C14H14N2O4. The summed E-state index contributed by atoms with van der Waals surface area (Å²) in [6, 6.07) is 6.71. The molecule has 0 radical (unpaired) electrons. The van der Waals surface area contributed by atoms with Crippen molar-refractivity contribution in [3.8, 4) is 0 Å². The first kappa shape index (κ1) is 13.8. The minimum Gasteiger partial charge on any atom is -0.480 e. The van der Waals surface area contributed by atoms with Crippen LogP contribution < -0.4 is 5.32 Å². The van der Waals surface area contributed by atoms with Gasteiger partial charge in [-0.1, -0.05) is 0 Å². The number of carbonyl (C=O) groups is 2. The lowest BCUT2D eigenvalue weighted by molar-refractivity contribution is -0.134. The molecule has 0 fully saturated rings. The van der Waals surface area contributed by atoms with E-state index in [-0.39, 0.29) is 6.54 Å². The molecule has 0 aliphatic heterocycles. The third-order valence-electron chi connectivity index (χ3n) is 2.79. The molecule has 6 heteroatoms. The number of fused-ring (bicyclic) bond motifs is 1. The lowest BCUT2D eigenvalue weighted by Gasteiger charge is -2.10. The highest BCUT2D eigenvalue weighted by atomic mass is 16.5. The van der Waals surface area contributed by atoms with E-state index in [1.807, 2.05) is 6.92 Å². The van der Waals surface area contributed by atoms with Crippen LogP contribution in [0.3, 0.4) is 0 Å². The normalized spacial score (nSPS) is 10.3. The number of carboxylic acid groups (broad SMARTS) is 1. The predicted octanol–water partition coefficient (Wildman–Crippen LogP) is 1.83. The number of nitrogens with one attached hydrogen (secondary N) is 1. The van der Waals surface area contributed by atoms with Crippen molar-refractivity contribution in [2.75, 3.05) is 19.0 Å². The zero-order valence-corrected chi connectivity index (χ0v) is 11.1. The number of benzene rings is 1. The Kier molecular flexibility index (Phi) is 3.84. The van der Waals surface area contributed by atoms with Gasteiger partial charge in [-0.05, 0) is 31.2 Å². The van der Waals surface area contributed by atoms with Gasteiger partial charge >= 0.3 is 11.9 Å². The van der Waals surface area contributed by atoms with Crippen molar-refractivity contribution in [3.05, 3.63) is 35.5 Å². The highest BCUT2D eigenvalue weighted by Crippen LogP contribution is 2.24. The molecule has 2 rings (SSSR count). The summed E-state index contributed by atoms with van der Waals surface area (Å²) < 4.78 is 4.67. The highest BCUT2D eigenvalue weighted by molar-refractivity contribution is 5.99. The molecule has 20 heavy (non-hydrogen) atoms. The van der Waals surface area contributed by atoms with E-state index in [1.165, 1.54) is 7.11 Å². The first-order chi connectivity index (χ1) is 9.51. The van der Waals surface area contributed by atoms with Crippen molar-refractivity contribution in [1.82, 2.24) is 4.98 Å². The fourth-order valence-corrected chi connectivity index (χ4v) is 1.92. The Labute approximate surface area is 115 Å². The molecule has 104 valence electrons. The molecule has 1 heterocycles. The molecular weight excluding hydrogens is 260 g/mol. The fraction of sp³-hybridized carbons (Fsp3) is 0.214. The molecule has 2 N–H and O–H groups in total. The first-order valence-corrected chi connectivity index (χ1v) is 5.96. The summed E-state index contributed by atoms with van der Waals surface area (Å²) in [6.07, 6.45) is 0. The standard InChI is InChI=1S/C14H14N2O4/c1-8-5-12(15-7-13(17)18)10-6-9(14(19)20-2)3-4-11(10)16-8/h3-6H,7H2,1-2H3,(H,15,16)(H,17,18). The van der Waals surface area contributed by atoms with Crippen molar-refractivity contribution < 1.29 is 19.4 Å². The highest BCUT2D eigenvalue weighted by Gasteiger charge is 2.10. The van der Waals surface area contributed by atoms with Gasteiger partial charge in [0.2, 0.25) is 0 Å². The van der Waals surface area contributed by atoms with Gasteiger partial charge in [-0.15, -0.1) is 0 Å². The summed E-state index contributed by atoms with van der Waals surface area (Å²) in [6.45, 7) is 1.61. The Morgan fingerprint density at radius 3 is 2.75 bits per heavy atom. The largest absolute Gasteiger partial charge is 0.480 e. The summed E-state index contributed by atoms with van der Waals surface area (Å²) in [5, 5.41) is 12.2. The van der Waals surface area contributed by atoms with E-state index >= 15 is 0 Å². The lowest BCUT2D eigenvalue weighted by atomic mass is 10.1. The molecule has 0 bridgehead atoms. The Balaban J connectivity index is 2.52. The van der Waals surface area contributed by atoms with Gasteiger partial charge in [0.05, 0.1) is 18.2 Å². The van der Waals surface area contributed by atoms with Gasteiger partial charge in [-0.25, -0.2) is 4.79 Å². The van der Waals surface area contributed by atoms with Gasteiger partial charge in [0, 0.05) is 16.8 Å². The Hall–Kier alpha value is -2.63. The zero-order chi connectivity index (χ0) is 14.7. The summed E-state index contributed by atoms with van der Waals surface area (Å²) >= 11 is 0. The SMILES string of the molecule is COC(=O)c1ccc2nc(C)cc(NCC(=O)O)c2c1. The quantitative estimate of drug-likeness (QED) is 0.827. The van der Waals surface area contributed by atoms with Crippen molar-refractivity contribution in [1.29, 1.82) is 0 Å². The van der Waals surface area contributed by atoms with E-state index in [2.05, 4.69) is 15.0 Å². The minimum atomic E-state index is -0.961. The van der Waals surface area contributed by atoms with Crippen LogP contribution in [-0.2, 0) is 9.53 Å². The predicted molar refractivity (Wildman–Crippen MR) is 73.9 cm³/mol. The number of nitrogens with zero attached hydrogens (tertiary/aromatic N) is 1. The summed E-state index contributed by atoms with van der Waals surface area (Å²) in [7, 11) is 1.31. The topological polar surface area (TPSA) is 88.5 Å². The van der Waals surface area contributed by atoms with Crippen LogP contribution in [0.2, 0.25) is 0 Å². The van der Waals surface area contributed by atoms with Crippen LogP contribution in [0, 0.1) is 6.92 Å². The van der Waals surface area contributed by atoms with Crippen LogP contribution in [-0.4, -0.2) is 35.7 Å². The van der Waals surface area contributed by atoms with E-state index in [1.54, 1.807) is 24.3 Å². The maximum atomic E-state index is 11.5. The molecule has 6 nitrogen and oxygen atoms in total. The van der Waals surface area contributed by atoms with Gasteiger partial charge in [-0.3, -0.25) is 9.78 Å². The second kappa shape index (κ2) is 5.56. The van der Waals surface area contributed by atoms with Crippen molar-refractivity contribution >= 4 is 28.5 Å². The van der Waals surface area contributed by atoms with Gasteiger partial charge in [0.15, 0.2) is 0 Å². The number of esters is 1. The molecule has 0 aliphatic carbocycles. The Bertz CT molecular complexity index is 682. The number of pyridine rings is 1. The van der Waals surface area contributed by atoms with E-state index in [9.17, 15) is 9.59 Å². The lowest BCUT2D eigenvalue weighted by Crippen LogP contribution is -2.13. The monoisotopic (exact) mass is 274 g/mol. The maximum Gasteiger partial charge on any atom is 0.337 e. The minimum absolute atomic E-state index is 0.207. The maximum absolute atomic E-state index is 11.5. The number of carboxylic acids is 1. The molecule has 1 aromatic carbocycles. The molecule has 2 aromatic rings. The smallest absolute Gasteiger partial charge is 0.337 e. The van der Waals surface area contributed by atoms with Crippen LogP contribution in [0.1, 0.15) is 16.1 Å². The molecule has 1 aromatic heterocycles. The molecule has 0 saturated heterocycles. The third kappa shape index (κ3) is 2.85. The van der Waals surface area contributed by atoms with E-state index in [4.69, 9.17) is 5.11 Å². The summed E-state index contributed by atoms with van der Waals surface area (Å²) in [5.74, 6) is -1.41. The molecule has 0 unspecified atom stereocenters.